The van der Waals surface area contributed by atoms with Crippen molar-refractivity contribution in [3.8, 4) is 5.75 Å². The molecule has 1 heterocycles. The van der Waals surface area contributed by atoms with Gasteiger partial charge in [-0.15, -0.1) is 0 Å². The van der Waals surface area contributed by atoms with Crippen LogP contribution in [0.2, 0.25) is 0 Å². The predicted octanol–water partition coefficient (Wildman–Crippen LogP) is 4.21. The molecule has 0 spiro atoms. The number of halogens is 2. The van der Waals surface area contributed by atoms with Crippen molar-refractivity contribution < 1.29 is 28.6 Å². The van der Waals surface area contributed by atoms with Crippen LogP contribution >= 0.6 is 22.6 Å². The van der Waals surface area contributed by atoms with E-state index in [0.717, 1.165) is 10.5 Å². The summed E-state index contributed by atoms with van der Waals surface area (Å²) in [7, 11) is 0. The first-order valence-corrected chi connectivity index (χ1v) is 12.7. The van der Waals surface area contributed by atoms with Crippen molar-refractivity contribution in [2.45, 2.75) is 24.9 Å². The van der Waals surface area contributed by atoms with Crippen LogP contribution in [0.1, 0.15) is 30.0 Å². The molecule has 1 aliphatic heterocycles. The number of carbonyl (C=O) groups is 3. The quantitative estimate of drug-likeness (QED) is 0.247. The molecule has 4 amide bonds. The van der Waals surface area contributed by atoms with Crippen LogP contribution in [0.5, 0.6) is 5.75 Å². The number of anilines is 1. The number of nitrogens with zero attached hydrogens (tertiary/aromatic N) is 1. The van der Waals surface area contributed by atoms with E-state index in [1.165, 1.54) is 12.1 Å². The van der Waals surface area contributed by atoms with E-state index in [4.69, 9.17) is 9.84 Å². The first-order valence-electron chi connectivity index (χ1n) is 11.6. The number of amides is 4. The minimum atomic E-state index is -1.24. The first kappa shape index (κ1) is 26.6. The minimum absolute atomic E-state index is 0.0438. The molecule has 1 unspecified atom stereocenters. The summed E-state index contributed by atoms with van der Waals surface area (Å²) in [6.07, 6.45) is 0. The molecular formula is C27H25FIN3O5. The second-order valence-electron chi connectivity index (χ2n) is 8.49. The summed E-state index contributed by atoms with van der Waals surface area (Å²) in [6.45, 7) is 1.73. The number of hydrogen-bond donors (Lipinski definition) is 3. The molecule has 3 aromatic rings. The van der Waals surface area contributed by atoms with E-state index < -0.39 is 41.7 Å². The molecule has 1 aliphatic rings. The minimum Gasteiger partial charge on any atom is -0.491 e. The lowest BCUT2D eigenvalue weighted by Crippen LogP contribution is -2.50. The average Bonchev–Trinajstić information content (AvgIpc) is 3.19. The standard InChI is InChI=1S/C27H25FIN3O5/c1-16(17-5-3-2-4-6-17)24(25(34)30-22-12-9-19(29)15-21(22)28)32-26(35)23(31-27(32)36)18-7-10-20(11-8-18)37-14-13-33/h2-12,15-16,23-24,33H,13-14H2,1H3,(H,30,34)(H,31,36)/t16-,23?,24-/m0/s1. The van der Waals surface area contributed by atoms with Crippen molar-refractivity contribution in [3.63, 3.8) is 0 Å². The maximum atomic E-state index is 14.5. The third kappa shape index (κ3) is 5.91. The number of aliphatic hydroxyl groups is 1. The zero-order valence-electron chi connectivity index (χ0n) is 19.9. The Bertz CT molecular complexity index is 1290. The Labute approximate surface area is 227 Å². The van der Waals surface area contributed by atoms with Gasteiger partial charge in [-0.1, -0.05) is 49.4 Å². The van der Waals surface area contributed by atoms with Gasteiger partial charge in [-0.05, 0) is 64.0 Å². The lowest BCUT2D eigenvalue weighted by molar-refractivity contribution is -0.134. The molecule has 0 radical (unpaired) electrons. The Morgan fingerprint density at radius 1 is 1.14 bits per heavy atom. The van der Waals surface area contributed by atoms with Gasteiger partial charge in [0.2, 0.25) is 5.91 Å². The molecule has 37 heavy (non-hydrogen) atoms. The van der Waals surface area contributed by atoms with Crippen LogP contribution in [-0.2, 0) is 9.59 Å². The summed E-state index contributed by atoms with van der Waals surface area (Å²) in [5, 5.41) is 14.1. The Kier molecular flexibility index (Phi) is 8.39. The molecule has 0 aliphatic carbocycles. The molecule has 10 heteroatoms. The van der Waals surface area contributed by atoms with E-state index >= 15 is 0 Å². The number of aliphatic hydroxyl groups excluding tert-OH is 1. The smallest absolute Gasteiger partial charge is 0.325 e. The molecule has 3 N–H and O–H groups in total. The van der Waals surface area contributed by atoms with Gasteiger partial charge in [0, 0.05) is 9.49 Å². The van der Waals surface area contributed by atoms with E-state index in [9.17, 15) is 18.8 Å². The van der Waals surface area contributed by atoms with Crippen molar-refractivity contribution in [3.05, 3.63) is 93.3 Å². The van der Waals surface area contributed by atoms with E-state index in [-0.39, 0.29) is 18.9 Å². The van der Waals surface area contributed by atoms with E-state index in [2.05, 4.69) is 10.6 Å². The average molecular weight is 617 g/mol. The van der Waals surface area contributed by atoms with Crippen LogP contribution in [0.15, 0.2) is 72.8 Å². The highest BCUT2D eigenvalue weighted by Crippen LogP contribution is 2.32. The maximum absolute atomic E-state index is 14.5. The molecule has 1 saturated heterocycles. The number of carbonyl (C=O) groups excluding carboxylic acids is 3. The third-order valence-corrected chi connectivity index (χ3v) is 6.75. The Morgan fingerprint density at radius 2 is 1.84 bits per heavy atom. The highest BCUT2D eigenvalue weighted by Gasteiger charge is 2.47. The molecule has 0 bridgehead atoms. The normalized spacial score (nSPS) is 16.8. The van der Waals surface area contributed by atoms with Crippen molar-refractivity contribution >= 4 is 46.1 Å². The summed E-state index contributed by atoms with van der Waals surface area (Å²) in [5.74, 6) is -1.99. The molecule has 0 saturated carbocycles. The van der Waals surface area contributed by atoms with Gasteiger partial charge in [-0.3, -0.25) is 9.59 Å². The number of urea groups is 1. The zero-order valence-corrected chi connectivity index (χ0v) is 22.0. The van der Waals surface area contributed by atoms with Gasteiger partial charge in [0.1, 0.15) is 30.3 Å². The van der Waals surface area contributed by atoms with Gasteiger partial charge in [0.25, 0.3) is 5.91 Å². The highest BCUT2D eigenvalue weighted by molar-refractivity contribution is 14.1. The molecule has 3 aromatic carbocycles. The second-order valence-corrected chi connectivity index (χ2v) is 9.74. The van der Waals surface area contributed by atoms with Crippen molar-refractivity contribution in [2.75, 3.05) is 18.5 Å². The first-order chi connectivity index (χ1) is 17.8. The summed E-state index contributed by atoms with van der Waals surface area (Å²) in [6, 6.07) is 16.9. The van der Waals surface area contributed by atoms with Gasteiger partial charge in [-0.25, -0.2) is 14.1 Å². The highest BCUT2D eigenvalue weighted by atomic mass is 127. The Morgan fingerprint density at radius 3 is 2.49 bits per heavy atom. The predicted molar refractivity (Wildman–Crippen MR) is 144 cm³/mol. The number of hydrogen-bond acceptors (Lipinski definition) is 5. The van der Waals surface area contributed by atoms with Crippen LogP contribution in [0.4, 0.5) is 14.9 Å². The van der Waals surface area contributed by atoms with E-state index in [1.807, 2.05) is 28.7 Å². The van der Waals surface area contributed by atoms with Gasteiger partial charge in [0.15, 0.2) is 0 Å². The fourth-order valence-corrected chi connectivity index (χ4v) is 4.66. The van der Waals surface area contributed by atoms with Gasteiger partial charge >= 0.3 is 6.03 Å². The number of imide groups is 1. The third-order valence-electron chi connectivity index (χ3n) is 6.08. The number of benzene rings is 3. The van der Waals surface area contributed by atoms with Crippen LogP contribution in [0, 0.1) is 9.39 Å². The lowest BCUT2D eigenvalue weighted by Gasteiger charge is -2.30. The zero-order chi connectivity index (χ0) is 26.5. The Balaban J connectivity index is 1.64. The monoisotopic (exact) mass is 617 g/mol. The summed E-state index contributed by atoms with van der Waals surface area (Å²) < 4.78 is 20.5. The topological polar surface area (TPSA) is 108 Å². The van der Waals surface area contributed by atoms with Crippen molar-refractivity contribution in [1.29, 1.82) is 0 Å². The maximum Gasteiger partial charge on any atom is 0.325 e. The molecule has 0 aromatic heterocycles. The summed E-state index contributed by atoms with van der Waals surface area (Å²) in [4.78, 5) is 41.1. The Hall–Kier alpha value is -3.51. The summed E-state index contributed by atoms with van der Waals surface area (Å²) in [5.41, 5.74) is 1.20. The van der Waals surface area contributed by atoms with Crippen molar-refractivity contribution in [2.24, 2.45) is 0 Å². The molecule has 8 nitrogen and oxygen atoms in total. The molecule has 3 atom stereocenters. The largest absolute Gasteiger partial charge is 0.491 e. The van der Waals surface area contributed by atoms with Gasteiger partial charge in [-0.2, -0.15) is 0 Å². The van der Waals surface area contributed by atoms with Crippen LogP contribution in [0.25, 0.3) is 0 Å². The molecule has 4 rings (SSSR count). The van der Waals surface area contributed by atoms with Crippen LogP contribution < -0.4 is 15.4 Å². The fraction of sp³-hybridized carbons (Fsp3) is 0.222. The number of rotatable bonds is 9. The van der Waals surface area contributed by atoms with Crippen molar-refractivity contribution in [1.82, 2.24) is 10.2 Å². The number of ether oxygens (including phenoxy) is 1. The fourth-order valence-electron chi connectivity index (χ4n) is 4.21. The van der Waals surface area contributed by atoms with E-state index in [1.54, 1.807) is 61.5 Å². The summed E-state index contributed by atoms with van der Waals surface area (Å²) >= 11 is 1.96. The van der Waals surface area contributed by atoms with Gasteiger partial charge < -0.3 is 20.5 Å². The lowest BCUT2D eigenvalue weighted by atomic mass is 9.91. The van der Waals surface area contributed by atoms with Crippen LogP contribution in [0.3, 0.4) is 0 Å². The SMILES string of the molecule is C[C@@H](c1ccccc1)[C@@H](C(=O)Nc1ccc(I)cc1F)N1C(=O)NC(c2ccc(OCCO)cc2)C1=O. The van der Waals surface area contributed by atoms with Gasteiger partial charge in [0.05, 0.1) is 12.3 Å². The van der Waals surface area contributed by atoms with Crippen LogP contribution in [-0.4, -0.2) is 47.1 Å². The number of nitrogens with one attached hydrogen (secondary N) is 2. The molecule has 192 valence electrons. The second kappa shape index (κ2) is 11.7. The molecular weight excluding hydrogens is 592 g/mol. The molecule has 1 fully saturated rings. The van der Waals surface area contributed by atoms with E-state index in [0.29, 0.717) is 14.9 Å².